The van der Waals surface area contributed by atoms with E-state index in [4.69, 9.17) is 21.3 Å². The molecule has 3 aromatic heterocycles. The van der Waals surface area contributed by atoms with Crippen molar-refractivity contribution in [2.24, 2.45) is 0 Å². The second-order valence-corrected chi connectivity index (χ2v) is 7.85. The number of hydrogen-bond acceptors (Lipinski definition) is 7. The Balaban J connectivity index is 1.46. The first-order chi connectivity index (χ1) is 15.1. The van der Waals surface area contributed by atoms with E-state index in [0.29, 0.717) is 22.5 Å². The number of nitrogens with zero attached hydrogens (tertiary/aromatic N) is 6. The van der Waals surface area contributed by atoms with Crippen molar-refractivity contribution in [3.05, 3.63) is 54.1 Å². The van der Waals surface area contributed by atoms with Crippen molar-refractivity contribution in [3.63, 3.8) is 0 Å². The van der Waals surface area contributed by atoms with Gasteiger partial charge in [0.1, 0.15) is 17.6 Å². The lowest BCUT2D eigenvalue weighted by molar-refractivity contribution is 0.266. The third-order valence-electron chi connectivity index (χ3n) is 5.44. The number of fused-ring (bicyclic) bond motifs is 1. The Morgan fingerprint density at radius 1 is 1.32 bits per heavy atom. The van der Waals surface area contributed by atoms with Gasteiger partial charge < -0.3 is 24.6 Å². The van der Waals surface area contributed by atoms with Gasteiger partial charge in [-0.05, 0) is 37.1 Å². The molecule has 9 nitrogen and oxygen atoms in total. The lowest BCUT2D eigenvalue weighted by atomic mass is 10.2. The number of methoxy groups -OCH3 is 1. The Kier molecular flexibility index (Phi) is 5.13. The molecule has 1 aliphatic heterocycles. The molecule has 10 heteroatoms. The highest BCUT2D eigenvalue weighted by molar-refractivity contribution is 6.30. The van der Waals surface area contributed by atoms with Gasteiger partial charge in [-0.2, -0.15) is 4.98 Å². The first kappa shape index (κ1) is 19.7. The van der Waals surface area contributed by atoms with E-state index in [1.807, 2.05) is 41.2 Å². The van der Waals surface area contributed by atoms with Gasteiger partial charge in [0.05, 0.1) is 31.6 Å². The van der Waals surface area contributed by atoms with Gasteiger partial charge >= 0.3 is 0 Å². The van der Waals surface area contributed by atoms with Crippen LogP contribution in [0.5, 0.6) is 5.75 Å². The van der Waals surface area contributed by atoms with Gasteiger partial charge in [-0.3, -0.25) is 0 Å². The Morgan fingerprint density at radius 2 is 2.23 bits per heavy atom. The van der Waals surface area contributed by atoms with Gasteiger partial charge in [-0.15, -0.1) is 5.10 Å². The fraction of sp³-hybridized carbons (Fsp3) is 0.286. The van der Waals surface area contributed by atoms with Crippen LogP contribution in [0.2, 0.25) is 5.02 Å². The van der Waals surface area contributed by atoms with Crippen molar-refractivity contribution in [1.82, 2.24) is 24.1 Å². The highest BCUT2D eigenvalue weighted by Gasteiger charge is 2.27. The second-order valence-electron chi connectivity index (χ2n) is 7.41. The standard InChI is InChI=1S/C21H22ClN7O2/c1-31-17-9-14(22)8-16(10-17)27-11-19(23-13-27)24-21-25-20(18-5-3-7-29(18)26-21)28-6-2-4-15(28)12-30/h3,5,7-11,13,15,30H,2,4,6,12H2,1H3,(H,24,26). The molecule has 5 rings (SSSR count). The molecule has 1 fully saturated rings. The van der Waals surface area contributed by atoms with E-state index in [1.165, 1.54) is 0 Å². The highest BCUT2D eigenvalue weighted by atomic mass is 35.5. The number of hydrogen-bond donors (Lipinski definition) is 2. The van der Waals surface area contributed by atoms with E-state index in [2.05, 4.69) is 20.3 Å². The molecule has 4 aromatic rings. The molecule has 4 heterocycles. The third-order valence-corrected chi connectivity index (χ3v) is 5.66. The summed E-state index contributed by atoms with van der Waals surface area (Å²) in [7, 11) is 1.60. The number of imidazole rings is 1. The van der Waals surface area contributed by atoms with Crippen molar-refractivity contribution in [3.8, 4) is 11.4 Å². The van der Waals surface area contributed by atoms with E-state index < -0.39 is 0 Å². The lowest BCUT2D eigenvalue weighted by Crippen LogP contribution is -2.33. The van der Waals surface area contributed by atoms with Gasteiger partial charge in [0.25, 0.3) is 0 Å². The summed E-state index contributed by atoms with van der Waals surface area (Å²) in [6, 6.07) is 9.44. The number of rotatable bonds is 6. The van der Waals surface area contributed by atoms with Crippen LogP contribution in [-0.2, 0) is 0 Å². The summed E-state index contributed by atoms with van der Waals surface area (Å²) in [5, 5.41) is 18.1. The molecule has 0 bridgehead atoms. The minimum Gasteiger partial charge on any atom is -0.497 e. The smallest absolute Gasteiger partial charge is 0.248 e. The molecular weight excluding hydrogens is 418 g/mol. The van der Waals surface area contributed by atoms with E-state index in [0.717, 1.165) is 36.4 Å². The van der Waals surface area contributed by atoms with Crippen LogP contribution in [0.25, 0.3) is 11.2 Å². The molecular formula is C21H22ClN7O2. The quantitative estimate of drug-likeness (QED) is 0.476. The van der Waals surface area contributed by atoms with Crippen LogP contribution in [0.15, 0.2) is 49.1 Å². The maximum atomic E-state index is 9.75. The van der Waals surface area contributed by atoms with Crippen molar-refractivity contribution in [2.75, 3.05) is 30.5 Å². The fourth-order valence-electron chi connectivity index (χ4n) is 3.95. The maximum absolute atomic E-state index is 9.75. The molecule has 31 heavy (non-hydrogen) atoms. The third kappa shape index (κ3) is 3.77. The van der Waals surface area contributed by atoms with Gasteiger partial charge in [-0.1, -0.05) is 11.6 Å². The summed E-state index contributed by atoms with van der Waals surface area (Å²) >= 11 is 6.19. The number of ether oxygens (including phenoxy) is 1. The predicted octanol–water partition coefficient (Wildman–Crippen LogP) is 3.28. The molecule has 0 spiro atoms. The predicted molar refractivity (Wildman–Crippen MR) is 119 cm³/mol. The van der Waals surface area contributed by atoms with Crippen LogP contribution in [0.3, 0.4) is 0 Å². The second kappa shape index (κ2) is 8.09. The molecule has 1 aliphatic rings. The van der Waals surface area contributed by atoms with E-state index >= 15 is 0 Å². The molecule has 0 amide bonds. The molecule has 1 saturated heterocycles. The summed E-state index contributed by atoms with van der Waals surface area (Å²) in [6.07, 6.45) is 7.37. The molecule has 1 atom stereocenters. The Hall–Kier alpha value is -3.30. The van der Waals surface area contributed by atoms with E-state index in [1.54, 1.807) is 24.0 Å². The lowest BCUT2D eigenvalue weighted by Gasteiger charge is -2.25. The summed E-state index contributed by atoms with van der Waals surface area (Å²) in [4.78, 5) is 11.3. The Bertz CT molecular complexity index is 1220. The average Bonchev–Trinajstić information content (AvgIpc) is 3.52. The Morgan fingerprint density at radius 3 is 3.06 bits per heavy atom. The number of aromatic nitrogens is 5. The van der Waals surface area contributed by atoms with E-state index in [-0.39, 0.29) is 12.6 Å². The summed E-state index contributed by atoms with van der Waals surface area (Å²) in [5.74, 6) is 2.49. The van der Waals surface area contributed by atoms with Crippen molar-refractivity contribution in [2.45, 2.75) is 18.9 Å². The first-order valence-electron chi connectivity index (χ1n) is 10.0. The SMILES string of the molecule is COc1cc(Cl)cc(-n2cnc(Nc3nc(N4CCCC4CO)c4cccn4n3)c2)c1. The highest BCUT2D eigenvalue weighted by Crippen LogP contribution is 2.29. The molecule has 2 N–H and O–H groups in total. The van der Waals surface area contributed by atoms with E-state index in [9.17, 15) is 5.11 Å². The van der Waals surface area contributed by atoms with Crippen LogP contribution in [0, 0.1) is 0 Å². The van der Waals surface area contributed by atoms with Crippen molar-refractivity contribution >= 4 is 34.7 Å². The minimum atomic E-state index is 0.0680. The monoisotopic (exact) mass is 439 g/mol. The zero-order chi connectivity index (χ0) is 21.4. The molecule has 0 radical (unpaired) electrons. The molecule has 0 aliphatic carbocycles. The number of anilines is 3. The van der Waals surface area contributed by atoms with Crippen LogP contribution in [-0.4, -0.2) is 55.6 Å². The maximum Gasteiger partial charge on any atom is 0.248 e. The summed E-state index contributed by atoms with van der Waals surface area (Å²) in [6.45, 7) is 0.959. The first-order valence-corrected chi connectivity index (χ1v) is 10.4. The summed E-state index contributed by atoms with van der Waals surface area (Å²) in [5.41, 5.74) is 1.73. The number of nitrogens with one attached hydrogen (secondary N) is 1. The largest absolute Gasteiger partial charge is 0.497 e. The summed E-state index contributed by atoms with van der Waals surface area (Å²) < 4.78 is 8.92. The van der Waals surface area contributed by atoms with Crippen molar-refractivity contribution < 1.29 is 9.84 Å². The van der Waals surface area contributed by atoms with Crippen LogP contribution in [0.1, 0.15) is 12.8 Å². The molecule has 160 valence electrons. The molecule has 0 saturated carbocycles. The Labute approximate surface area is 183 Å². The zero-order valence-electron chi connectivity index (χ0n) is 16.9. The average molecular weight is 440 g/mol. The zero-order valence-corrected chi connectivity index (χ0v) is 17.7. The van der Waals surface area contributed by atoms with Gasteiger partial charge in [-0.25, -0.2) is 9.50 Å². The number of benzene rings is 1. The van der Waals surface area contributed by atoms with Crippen LogP contribution >= 0.6 is 11.6 Å². The number of aliphatic hydroxyl groups is 1. The van der Waals surface area contributed by atoms with Gasteiger partial charge in [0.2, 0.25) is 5.95 Å². The van der Waals surface area contributed by atoms with Crippen molar-refractivity contribution in [1.29, 1.82) is 0 Å². The number of halogens is 1. The van der Waals surface area contributed by atoms with Gasteiger partial charge in [0.15, 0.2) is 11.6 Å². The van der Waals surface area contributed by atoms with Gasteiger partial charge in [0, 0.05) is 23.8 Å². The molecule has 1 unspecified atom stereocenters. The topological polar surface area (TPSA) is 92.7 Å². The van der Waals surface area contributed by atoms with Crippen LogP contribution in [0.4, 0.5) is 17.6 Å². The van der Waals surface area contributed by atoms with Crippen LogP contribution < -0.4 is 15.0 Å². The minimum absolute atomic E-state index is 0.0680. The fourth-order valence-corrected chi connectivity index (χ4v) is 4.16. The normalized spacial score (nSPS) is 16.2. The molecule has 1 aromatic carbocycles. The number of aliphatic hydroxyl groups excluding tert-OH is 1.